The molecule has 4 rings (SSSR count). The summed E-state index contributed by atoms with van der Waals surface area (Å²) in [5.41, 5.74) is 0.480. The molecule has 0 spiro atoms. The number of amides is 3. The number of carbonyl (C=O) groups is 4. The SMILES string of the molecule is COc1ccc([N+](=O)[O-])cc1NC(=O)[C@H](C)OC(=O)c1cccc(N2C(=O)c3ccccc3C2=O)c1. The highest BCUT2D eigenvalue weighted by molar-refractivity contribution is 6.34. The number of benzene rings is 3. The molecule has 3 aromatic carbocycles. The minimum Gasteiger partial charge on any atom is -0.495 e. The number of imide groups is 1. The summed E-state index contributed by atoms with van der Waals surface area (Å²) in [6.45, 7) is 1.32. The molecule has 1 aliphatic heterocycles. The monoisotopic (exact) mass is 489 g/mol. The molecule has 0 aromatic heterocycles. The van der Waals surface area contributed by atoms with Gasteiger partial charge in [0, 0.05) is 12.1 Å². The first-order valence-corrected chi connectivity index (χ1v) is 10.6. The number of carbonyl (C=O) groups excluding carboxylic acids is 4. The molecule has 0 fully saturated rings. The Morgan fingerprint density at radius 1 is 0.972 bits per heavy atom. The van der Waals surface area contributed by atoms with E-state index in [0.717, 1.165) is 11.0 Å². The first kappa shape index (κ1) is 24.1. The van der Waals surface area contributed by atoms with Crippen molar-refractivity contribution in [3.05, 3.63) is 93.5 Å². The van der Waals surface area contributed by atoms with Crippen molar-refractivity contribution in [2.75, 3.05) is 17.3 Å². The van der Waals surface area contributed by atoms with Crippen molar-refractivity contribution in [1.82, 2.24) is 0 Å². The molecule has 0 unspecified atom stereocenters. The number of nitro benzene ring substituents is 1. The summed E-state index contributed by atoms with van der Waals surface area (Å²) >= 11 is 0. The Hall–Kier alpha value is -5.06. The number of hydrogen-bond acceptors (Lipinski definition) is 8. The largest absolute Gasteiger partial charge is 0.495 e. The van der Waals surface area contributed by atoms with Crippen molar-refractivity contribution in [3.63, 3.8) is 0 Å². The van der Waals surface area contributed by atoms with Crippen LogP contribution in [0.4, 0.5) is 17.1 Å². The van der Waals surface area contributed by atoms with Crippen molar-refractivity contribution in [2.24, 2.45) is 0 Å². The Morgan fingerprint density at radius 3 is 2.25 bits per heavy atom. The van der Waals surface area contributed by atoms with Gasteiger partial charge in [0.1, 0.15) is 5.75 Å². The number of hydrogen-bond donors (Lipinski definition) is 1. The van der Waals surface area contributed by atoms with E-state index in [1.165, 1.54) is 50.4 Å². The van der Waals surface area contributed by atoms with E-state index in [1.807, 2.05) is 0 Å². The maximum atomic E-state index is 12.7. The molecule has 1 N–H and O–H groups in total. The van der Waals surface area contributed by atoms with Gasteiger partial charge in [-0.1, -0.05) is 18.2 Å². The molecule has 36 heavy (non-hydrogen) atoms. The van der Waals surface area contributed by atoms with E-state index in [-0.39, 0.29) is 39.5 Å². The Morgan fingerprint density at radius 2 is 1.64 bits per heavy atom. The Kier molecular flexibility index (Phi) is 6.46. The lowest BCUT2D eigenvalue weighted by Gasteiger charge is -2.17. The molecule has 0 radical (unpaired) electrons. The molecular weight excluding hydrogens is 470 g/mol. The second-order valence-electron chi connectivity index (χ2n) is 7.72. The second-order valence-corrected chi connectivity index (χ2v) is 7.72. The molecule has 11 nitrogen and oxygen atoms in total. The fourth-order valence-corrected chi connectivity index (χ4v) is 3.62. The highest BCUT2D eigenvalue weighted by atomic mass is 16.6. The molecule has 0 bridgehead atoms. The number of nitrogens with zero attached hydrogens (tertiary/aromatic N) is 2. The third kappa shape index (κ3) is 4.49. The van der Waals surface area contributed by atoms with Crippen LogP contribution in [0.2, 0.25) is 0 Å². The van der Waals surface area contributed by atoms with Gasteiger partial charge in [-0.15, -0.1) is 0 Å². The van der Waals surface area contributed by atoms with Crippen LogP contribution in [-0.4, -0.2) is 41.8 Å². The van der Waals surface area contributed by atoms with Gasteiger partial charge in [0.15, 0.2) is 6.10 Å². The summed E-state index contributed by atoms with van der Waals surface area (Å²) < 4.78 is 10.3. The van der Waals surface area contributed by atoms with Crippen LogP contribution in [0.5, 0.6) is 5.75 Å². The molecule has 1 atom stereocenters. The van der Waals surface area contributed by atoms with Gasteiger partial charge in [-0.05, 0) is 43.3 Å². The van der Waals surface area contributed by atoms with Gasteiger partial charge in [0.25, 0.3) is 23.4 Å². The van der Waals surface area contributed by atoms with Gasteiger partial charge >= 0.3 is 5.97 Å². The summed E-state index contributed by atoms with van der Waals surface area (Å²) in [6, 6.07) is 15.8. The zero-order valence-corrected chi connectivity index (χ0v) is 19.1. The minimum atomic E-state index is -1.29. The van der Waals surface area contributed by atoms with E-state index in [4.69, 9.17) is 9.47 Å². The fourth-order valence-electron chi connectivity index (χ4n) is 3.62. The van der Waals surface area contributed by atoms with E-state index in [1.54, 1.807) is 24.3 Å². The summed E-state index contributed by atoms with van der Waals surface area (Å²) in [5, 5.41) is 13.5. The number of non-ortho nitro benzene ring substituents is 1. The van der Waals surface area contributed by atoms with E-state index in [0.29, 0.717) is 0 Å². The lowest BCUT2D eigenvalue weighted by molar-refractivity contribution is -0.384. The maximum absolute atomic E-state index is 12.7. The summed E-state index contributed by atoms with van der Waals surface area (Å²) in [4.78, 5) is 62.2. The van der Waals surface area contributed by atoms with Crippen molar-refractivity contribution in [3.8, 4) is 5.75 Å². The number of ether oxygens (including phenoxy) is 2. The number of nitrogens with one attached hydrogen (secondary N) is 1. The highest BCUT2D eigenvalue weighted by Crippen LogP contribution is 2.30. The topological polar surface area (TPSA) is 145 Å². The summed E-state index contributed by atoms with van der Waals surface area (Å²) in [7, 11) is 1.33. The summed E-state index contributed by atoms with van der Waals surface area (Å²) in [5.74, 6) is -2.47. The van der Waals surface area contributed by atoms with Gasteiger partial charge in [0.05, 0.1) is 40.1 Å². The van der Waals surface area contributed by atoms with Gasteiger partial charge in [0.2, 0.25) is 0 Å². The van der Waals surface area contributed by atoms with Crippen LogP contribution in [0.25, 0.3) is 0 Å². The fraction of sp³-hybridized carbons (Fsp3) is 0.120. The quantitative estimate of drug-likeness (QED) is 0.229. The zero-order valence-electron chi connectivity index (χ0n) is 19.1. The molecule has 3 amide bonds. The van der Waals surface area contributed by atoms with Gasteiger partial charge in [-0.3, -0.25) is 24.5 Å². The summed E-state index contributed by atoms with van der Waals surface area (Å²) in [6.07, 6.45) is -1.29. The van der Waals surface area contributed by atoms with Gasteiger partial charge < -0.3 is 14.8 Å². The average molecular weight is 489 g/mol. The van der Waals surface area contributed by atoms with E-state index in [9.17, 15) is 29.3 Å². The van der Waals surface area contributed by atoms with Crippen LogP contribution in [0, 0.1) is 10.1 Å². The van der Waals surface area contributed by atoms with Crippen LogP contribution < -0.4 is 15.0 Å². The number of anilines is 2. The number of nitro groups is 1. The van der Waals surface area contributed by atoms with E-state index < -0.39 is 34.7 Å². The number of methoxy groups -OCH3 is 1. The van der Waals surface area contributed by atoms with Gasteiger partial charge in [-0.2, -0.15) is 0 Å². The van der Waals surface area contributed by atoms with Crippen molar-refractivity contribution >= 4 is 40.8 Å². The van der Waals surface area contributed by atoms with Crippen LogP contribution in [0.1, 0.15) is 38.0 Å². The molecule has 11 heteroatoms. The first-order valence-electron chi connectivity index (χ1n) is 10.6. The van der Waals surface area contributed by atoms with Crippen molar-refractivity contribution < 1.29 is 33.6 Å². The first-order chi connectivity index (χ1) is 17.2. The molecule has 0 saturated carbocycles. The molecule has 0 saturated heterocycles. The van der Waals surface area contributed by atoms with Crippen LogP contribution >= 0.6 is 0 Å². The van der Waals surface area contributed by atoms with E-state index >= 15 is 0 Å². The highest BCUT2D eigenvalue weighted by Gasteiger charge is 2.36. The molecule has 1 aliphatic rings. The number of esters is 1. The van der Waals surface area contributed by atoms with Crippen molar-refractivity contribution in [2.45, 2.75) is 13.0 Å². The van der Waals surface area contributed by atoms with Crippen LogP contribution in [-0.2, 0) is 9.53 Å². The third-order valence-electron chi connectivity index (χ3n) is 5.44. The smallest absolute Gasteiger partial charge is 0.338 e. The van der Waals surface area contributed by atoms with Crippen LogP contribution in [0.3, 0.4) is 0 Å². The lowest BCUT2D eigenvalue weighted by Crippen LogP contribution is -2.31. The van der Waals surface area contributed by atoms with E-state index in [2.05, 4.69) is 5.32 Å². The molecule has 1 heterocycles. The molecule has 182 valence electrons. The predicted molar refractivity (Wildman–Crippen MR) is 127 cm³/mol. The van der Waals surface area contributed by atoms with Gasteiger partial charge in [-0.25, -0.2) is 9.69 Å². The Balaban J connectivity index is 1.48. The Bertz CT molecular complexity index is 1380. The number of rotatable bonds is 7. The Labute approximate surface area is 204 Å². The molecule has 0 aliphatic carbocycles. The van der Waals surface area contributed by atoms with Crippen LogP contribution in [0.15, 0.2) is 66.7 Å². The molecule has 3 aromatic rings. The molecular formula is C25H19N3O8. The second kappa shape index (κ2) is 9.66. The van der Waals surface area contributed by atoms with Crippen molar-refractivity contribution in [1.29, 1.82) is 0 Å². The maximum Gasteiger partial charge on any atom is 0.338 e. The zero-order chi connectivity index (χ0) is 26.0. The third-order valence-corrected chi connectivity index (χ3v) is 5.44. The normalized spacial score (nSPS) is 13.1. The standard InChI is InChI=1S/C25H19N3O8/c1-14(22(29)26-20-13-17(28(33)34)10-11-21(20)35-2)36-25(32)15-6-5-7-16(12-15)27-23(30)18-8-3-4-9-19(18)24(27)31/h3-14H,1-2H3,(H,26,29)/t14-/m0/s1. The predicted octanol–water partition coefficient (Wildman–Crippen LogP) is 3.59. The minimum absolute atomic E-state index is 0.0108. The lowest BCUT2D eigenvalue weighted by atomic mass is 10.1. The average Bonchev–Trinajstić information content (AvgIpc) is 3.13. The number of fused-ring (bicyclic) bond motifs is 1.